The summed E-state index contributed by atoms with van der Waals surface area (Å²) in [4.78, 5) is 2.26. The van der Waals surface area contributed by atoms with Crippen LogP contribution in [0.1, 0.15) is 12.5 Å². The number of hydrogen-bond acceptors (Lipinski definition) is 2. The van der Waals surface area contributed by atoms with Gasteiger partial charge in [-0.15, -0.1) is 0 Å². The van der Waals surface area contributed by atoms with Crippen LogP contribution >= 0.6 is 24.0 Å². The molecule has 0 aliphatic carbocycles. The molecule has 0 aliphatic rings. The second kappa shape index (κ2) is 5.57. The molecule has 1 aromatic rings. The first-order valence-electron chi connectivity index (χ1n) is 4.00. The molecular formula is C9H10ClN3S. The summed E-state index contributed by atoms with van der Waals surface area (Å²) in [7, 11) is 0. The number of rotatable bonds is 2. The highest BCUT2D eigenvalue weighted by atomic mass is 35.5. The number of halogens is 1. The SMILES string of the molecule is C/C(=N\NC(=S)NCl)c1ccccc1. The molecule has 1 rings (SSSR count). The minimum Gasteiger partial charge on any atom is -0.274 e. The molecule has 0 aromatic heterocycles. The Balaban J connectivity index is 2.66. The maximum atomic E-state index is 5.26. The van der Waals surface area contributed by atoms with E-state index in [-0.39, 0.29) is 5.11 Å². The van der Waals surface area contributed by atoms with Crippen molar-refractivity contribution in [1.29, 1.82) is 0 Å². The van der Waals surface area contributed by atoms with Crippen LogP contribution in [-0.2, 0) is 0 Å². The van der Waals surface area contributed by atoms with Gasteiger partial charge in [-0.25, -0.2) is 0 Å². The van der Waals surface area contributed by atoms with Crippen molar-refractivity contribution in [2.75, 3.05) is 0 Å². The maximum Gasteiger partial charge on any atom is 0.201 e. The first-order chi connectivity index (χ1) is 6.74. The maximum absolute atomic E-state index is 5.26. The highest BCUT2D eigenvalue weighted by Gasteiger charge is 1.95. The largest absolute Gasteiger partial charge is 0.274 e. The van der Waals surface area contributed by atoms with Crippen molar-refractivity contribution >= 4 is 34.8 Å². The molecule has 1 aromatic carbocycles. The number of benzene rings is 1. The summed E-state index contributed by atoms with van der Waals surface area (Å²) in [5, 5.41) is 4.32. The molecule has 0 spiro atoms. The zero-order valence-corrected chi connectivity index (χ0v) is 9.19. The lowest BCUT2D eigenvalue weighted by atomic mass is 10.1. The number of hydrogen-bond donors (Lipinski definition) is 2. The van der Waals surface area contributed by atoms with E-state index in [0.29, 0.717) is 0 Å². The van der Waals surface area contributed by atoms with E-state index in [1.165, 1.54) is 0 Å². The molecule has 0 radical (unpaired) electrons. The monoisotopic (exact) mass is 227 g/mol. The van der Waals surface area contributed by atoms with Crippen molar-refractivity contribution < 1.29 is 0 Å². The van der Waals surface area contributed by atoms with E-state index in [9.17, 15) is 0 Å². The molecule has 5 heteroatoms. The van der Waals surface area contributed by atoms with Gasteiger partial charge in [0.2, 0.25) is 5.11 Å². The van der Waals surface area contributed by atoms with Crippen molar-refractivity contribution in [2.24, 2.45) is 5.10 Å². The van der Waals surface area contributed by atoms with Crippen molar-refractivity contribution in [2.45, 2.75) is 6.92 Å². The fraction of sp³-hybridized carbons (Fsp3) is 0.111. The van der Waals surface area contributed by atoms with Gasteiger partial charge in [0.25, 0.3) is 0 Å². The van der Waals surface area contributed by atoms with Gasteiger partial charge in [0.15, 0.2) is 0 Å². The van der Waals surface area contributed by atoms with Gasteiger partial charge in [-0.3, -0.25) is 10.3 Å². The van der Waals surface area contributed by atoms with Gasteiger partial charge in [0.1, 0.15) is 0 Å². The zero-order valence-electron chi connectivity index (χ0n) is 7.62. The van der Waals surface area contributed by atoms with Crippen LogP contribution in [0.25, 0.3) is 0 Å². The number of nitrogens with one attached hydrogen (secondary N) is 2. The van der Waals surface area contributed by atoms with Crippen molar-refractivity contribution in [3.63, 3.8) is 0 Å². The van der Waals surface area contributed by atoms with Crippen molar-refractivity contribution in [1.82, 2.24) is 10.3 Å². The second-order valence-electron chi connectivity index (χ2n) is 2.60. The van der Waals surface area contributed by atoms with Gasteiger partial charge < -0.3 is 0 Å². The summed E-state index contributed by atoms with van der Waals surface area (Å²) in [6, 6.07) is 9.80. The average molecular weight is 228 g/mol. The topological polar surface area (TPSA) is 36.4 Å². The standard InChI is InChI=1S/C9H10ClN3S/c1-7(12-13-9(14)11-10)8-5-3-2-4-6-8/h2-6H,1H3,(H2,11,13,14)/b12-7+. The molecule has 0 heterocycles. The number of hydrazone groups is 1. The zero-order chi connectivity index (χ0) is 10.4. The minimum atomic E-state index is 0.280. The van der Waals surface area contributed by atoms with E-state index in [1.807, 2.05) is 37.3 Å². The Bertz CT molecular complexity index is 337. The summed E-state index contributed by atoms with van der Waals surface area (Å²) in [5.74, 6) is 0. The molecule has 0 amide bonds. The van der Waals surface area contributed by atoms with Crippen LogP contribution in [-0.4, -0.2) is 10.8 Å². The molecule has 0 atom stereocenters. The highest BCUT2D eigenvalue weighted by Crippen LogP contribution is 1.99. The molecule has 3 nitrogen and oxygen atoms in total. The Kier molecular flexibility index (Phi) is 4.35. The van der Waals surface area contributed by atoms with Crippen LogP contribution in [0.5, 0.6) is 0 Å². The van der Waals surface area contributed by atoms with Crippen LogP contribution in [0.3, 0.4) is 0 Å². The van der Waals surface area contributed by atoms with Gasteiger partial charge in [-0.1, -0.05) is 30.3 Å². The third-order valence-electron chi connectivity index (χ3n) is 1.60. The summed E-state index contributed by atoms with van der Waals surface area (Å²) in [6.45, 7) is 1.89. The summed E-state index contributed by atoms with van der Waals surface area (Å²) in [6.07, 6.45) is 0. The highest BCUT2D eigenvalue weighted by molar-refractivity contribution is 7.80. The molecular weight excluding hydrogens is 218 g/mol. The molecule has 2 N–H and O–H groups in total. The third kappa shape index (κ3) is 3.32. The molecule has 0 saturated carbocycles. The molecule has 0 bridgehead atoms. The molecule has 74 valence electrons. The lowest BCUT2D eigenvalue weighted by Crippen LogP contribution is -2.25. The first-order valence-corrected chi connectivity index (χ1v) is 4.79. The van der Waals surface area contributed by atoms with E-state index < -0.39 is 0 Å². The summed E-state index contributed by atoms with van der Waals surface area (Å²) >= 11 is 10.0. The molecule has 14 heavy (non-hydrogen) atoms. The Morgan fingerprint density at radius 2 is 2.00 bits per heavy atom. The van der Waals surface area contributed by atoms with Gasteiger partial charge in [-0.05, 0) is 24.7 Å². The average Bonchev–Trinajstić information content (AvgIpc) is 2.26. The van der Waals surface area contributed by atoms with Gasteiger partial charge in [0.05, 0.1) is 5.71 Å². The van der Waals surface area contributed by atoms with E-state index in [1.54, 1.807) is 0 Å². The van der Waals surface area contributed by atoms with Gasteiger partial charge >= 0.3 is 0 Å². The smallest absolute Gasteiger partial charge is 0.201 e. The molecule has 0 fully saturated rings. The third-order valence-corrected chi connectivity index (χ3v) is 2.10. The van der Waals surface area contributed by atoms with E-state index in [4.69, 9.17) is 24.0 Å². The van der Waals surface area contributed by atoms with Gasteiger partial charge in [-0.2, -0.15) is 5.10 Å². The van der Waals surface area contributed by atoms with Crippen LogP contribution in [0, 0.1) is 0 Å². The normalized spacial score (nSPS) is 10.9. The van der Waals surface area contributed by atoms with Crippen molar-refractivity contribution in [3.05, 3.63) is 35.9 Å². The Morgan fingerprint density at radius 1 is 1.36 bits per heavy atom. The van der Waals surface area contributed by atoms with E-state index >= 15 is 0 Å². The van der Waals surface area contributed by atoms with Crippen LogP contribution in [0.2, 0.25) is 0 Å². The second-order valence-corrected chi connectivity index (χ2v) is 3.20. The fourth-order valence-electron chi connectivity index (χ4n) is 0.900. The first kappa shape index (κ1) is 10.9. The Hall–Kier alpha value is -1.13. The van der Waals surface area contributed by atoms with Crippen LogP contribution in [0.15, 0.2) is 35.4 Å². The number of thiocarbonyl (C=S) groups is 1. The predicted octanol–water partition coefficient (Wildman–Crippen LogP) is 2.03. The summed E-state index contributed by atoms with van der Waals surface area (Å²) < 4.78 is 0. The lowest BCUT2D eigenvalue weighted by Gasteiger charge is -2.02. The minimum absolute atomic E-state index is 0.280. The molecule has 0 aliphatic heterocycles. The van der Waals surface area contributed by atoms with E-state index in [2.05, 4.69) is 15.4 Å². The molecule has 0 saturated heterocycles. The Labute approximate surface area is 93.3 Å². The van der Waals surface area contributed by atoms with Gasteiger partial charge in [0, 0.05) is 11.8 Å². The lowest BCUT2D eigenvalue weighted by molar-refractivity contribution is 1.01. The quantitative estimate of drug-likeness (QED) is 0.351. The predicted molar refractivity (Wildman–Crippen MR) is 63.4 cm³/mol. The van der Waals surface area contributed by atoms with E-state index in [0.717, 1.165) is 11.3 Å². The fourth-order valence-corrected chi connectivity index (χ4v) is 0.988. The Morgan fingerprint density at radius 3 is 2.57 bits per heavy atom. The van der Waals surface area contributed by atoms with Crippen LogP contribution in [0.4, 0.5) is 0 Å². The molecule has 0 unspecified atom stereocenters. The van der Waals surface area contributed by atoms with Crippen LogP contribution < -0.4 is 10.3 Å². The number of nitrogens with zero attached hydrogens (tertiary/aromatic N) is 1. The summed E-state index contributed by atoms with van der Waals surface area (Å²) in [5.41, 5.74) is 4.49. The van der Waals surface area contributed by atoms with Crippen molar-refractivity contribution in [3.8, 4) is 0 Å².